The predicted octanol–water partition coefficient (Wildman–Crippen LogP) is 4.01. The summed E-state index contributed by atoms with van der Waals surface area (Å²) in [5.41, 5.74) is 0.829. The van der Waals surface area contributed by atoms with Crippen LogP contribution in [-0.4, -0.2) is 22.3 Å². The van der Waals surface area contributed by atoms with Crippen molar-refractivity contribution in [2.45, 2.75) is 39.2 Å². The fraction of sp³-hybridized carbons (Fsp3) is 0.333. The second-order valence-corrected chi connectivity index (χ2v) is 5.86. The molecule has 21 heavy (non-hydrogen) atoms. The standard InChI is InChI=1S/C18H19NO2/c1-4-18(3,5-2)19-16(20)13-10-6-8-12-9-7-11-14(15(12)13)17(19)21/h6-11H,4-5H2,1-3H3. The summed E-state index contributed by atoms with van der Waals surface area (Å²) < 4.78 is 0. The van der Waals surface area contributed by atoms with Gasteiger partial charge in [0.2, 0.25) is 0 Å². The number of hydrogen-bond donors (Lipinski definition) is 0. The second kappa shape index (κ2) is 4.69. The molecule has 0 saturated carbocycles. The van der Waals surface area contributed by atoms with Crippen molar-refractivity contribution in [3.63, 3.8) is 0 Å². The third-order valence-electron chi connectivity index (χ3n) is 4.83. The third-order valence-corrected chi connectivity index (χ3v) is 4.83. The molecular formula is C18H19NO2. The molecule has 0 unspecified atom stereocenters. The van der Waals surface area contributed by atoms with Crippen molar-refractivity contribution in [1.82, 2.24) is 4.90 Å². The van der Waals surface area contributed by atoms with Crippen molar-refractivity contribution >= 4 is 22.6 Å². The van der Waals surface area contributed by atoms with Gasteiger partial charge in [-0.15, -0.1) is 0 Å². The van der Waals surface area contributed by atoms with Gasteiger partial charge in [-0.25, -0.2) is 0 Å². The highest BCUT2D eigenvalue weighted by atomic mass is 16.2. The minimum atomic E-state index is -0.441. The third kappa shape index (κ3) is 1.80. The molecule has 0 N–H and O–H groups in total. The number of carbonyl (C=O) groups is 2. The van der Waals surface area contributed by atoms with Gasteiger partial charge in [0.25, 0.3) is 11.8 Å². The lowest BCUT2D eigenvalue weighted by Gasteiger charge is -2.41. The van der Waals surface area contributed by atoms with Gasteiger partial charge >= 0.3 is 0 Å². The van der Waals surface area contributed by atoms with Crippen LogP contribution in [0.2, 0.25) is 0 Å². The van der Waals surface area contributed by atoms with Gasteiger partial charge in [0.1, 0.15) is 0 Å². The average molecular weight is 281 g/mol. The number of rotatable bonds is 3. The van der Waals surface area contributed by atoms with Gasteiger partial charge in [0.15, 0.2) is 0 Å². The largest absolute Gasteiger partial charge is 0.269 e. The summed E-state index contributed by atoms with van der Waals surface area (Å²) in [5, 5.41) is 1.74. The van der Waals surface area contributed by atoms with Gasteiger partial charge in [-0.3, -0.25) is 14.5 Å². The number of carbonyl (C=O) groups excluding carboxylic acids is 2. The van der Waals surface area contributed by atoms with Crippen LogP contribution < -0.4 is 0 Å². The van der Waals surface area contributed by atoms with Gasteiger partial charge in [0.05, 0.1) is 0 Å². The number of nitrogens with zero attached hydrogens (tertiary/aromatic N) is 1. The Morgan fingerprint density at radius 1 is 0.905 bits per heavy atom. The van der Waals surface area contributed by atoms with Crippen LogP contribution in [0, 0.1) is 0 Å². The Morgan fingerprint density at radius 3 is 1.81 bits per heavy atom. The van der Waals surface area contributed by atoms with Crippen molar-refractivity contribution in [3.05, 3.63) is 47.5 Å². The normalized spacial score (nSPS) is 14.9. The second-order valence-electron chi connectivity index (χ2n) is 5.86. The smallest absolute Gasteiger partial charge is 0.261 e. The molecule has 108 valence electrons. The summed E-state index contributed by atoms with van der Waals surface area (Å²) in [6, 6.07) is 11.3. The molecule has 0 fully saturated rings. The van der Waals surface area contributed by atoms with E-state index in [4.69, 9.17) is 0 Å². The van der Waals surface area contributed by atoms with E-state index in [-0.39, 0.29) is 11.8 Å². The molecule has 3 heteroatoms. The Balaban J connectivity index is 2.29. The molecule has 0 spiro atoms. The molecule has 0 aliphatic carbocycles. The maximum Gasteiger partial charge on any atom is 0.261 e. The van der Waals surface area contributed by atoms with Gasteiger partial charge < -0.3 is 0 Å². The van der Waals surface area contributed by atoms with Gasteiger partial charge in [-0.2, -0.15) is 0 Å². The first-order valence-electron chi connectivity index (χ1n) is 7.44. The van der Waals surface area contributed by atoms with Crippen LogP contribution >= 0.6 is 0 Å². The van der Waals surface area contributed by atoms with Crippen molar-refractivity contribution in [3.8, 4) is 0 Å². The van der Waals surface area contributed by atoms with E-state index < -0.39 is 5.54 Å². The van der Waals surface area contributed by atoms with Gasteiger partial charge in [-0.05, 0) is 37.3 Å². The first kappa shape index (κ1) is 13.8. The van der Waals surface area contributed by atoms with E-state index in [1.54, 1.807) is 0 Å². The lowest BCUT2D eigenvalue weighted by molar-refractivity contribution is 0.0387. The Hall–Kier alpha value is -2.16. The fourth-order valence-electron chi connectivity index (χ4n) is 3.09. The quantitative estimate of drug-likeness (QED) is 0.797. The van der Waals surface area contributed by atoms with Crippen LogP contribution in [0.15, 0.2) is 36.4 Å². The number of amides is 2. The lowest BCUT2D eigenvalue weighted by Crippen LogP contribution is -2.54. The summed E-state index contributed by atoms with van der Waals surface area (Å²) in [5.74, 6) is -0.342. The van der Waals surface area contributed by atoms with E-state index in [1.807, 2.05) is 57.2 Å². The number of hydrogen-bond acceptors (Lipinski definition) is 2. The first-order chi connectivity index (χ1) is 10.0. The zero-order chi connectivity index (χ0) is 15.2. The van der Waals surface area contributed by atoms with E-state index in [2.05, 4.69) is 0 Å². The predicted molar refractivity (Wildman–Crippen MR) is 83.4 cm³/mol. The molecule has 3 nitrogen and oxygen atoms in total. The van der Waals surface area contributed by atoms with E-state index in [9.17, 15) is 9.59 Å². The zero-order valence-corrected chi connectivity index (χ0v) is 12.6. The molecule has 1 heterocycles. The number of imide groups is 1. The van der Waals surface area contributed by atoms with Crippen molar-refractivity contribution in [2.75, 3.05) is 0 Å². The molecule has 0 bridgehead atoms. The van der Waals surface area contributed by atoms with E-state index in [1.165, 1.54) is 4.90 Å². The minimum Gasteiger partial charge on any atom is -0.269 e. The minimum absolute atomic E-state index is 0.171. The summed E-state index contributed by atoms with van der Waals surface area (Å²) in [6.45, 7) is 6.02. The molecule has 0 atom stereocenters. The monoisotopic (exact) mass is 281 g/mol. The highest BCUT2D eigenvalue weighted by molar-refractivity contribution is 6.25. The molecule has 1 aliphatic rings. The molecule has 0 radical (unpaired) electrons. The van der Waals surface area contributed by atoms with Crippen LogP contribution in [0.5, 0.6) is 0 Å². The van der Waals surface area contributed by atoms with E-state index >= 15 is 0 Å². The molecule has 0 saturated heterocycles. The number of benzene rings is 2. The molecule has 2 aromatic rings. The summed E-state index contributed by atoms with van der Waals surface area (Å²) in [7, 11) is 0. The molecule has 1 aliphatic heterocycles. The van der Waals surface area contributed by atoms with Crippen LogP contribution in [0.25, 0.3) is 10.8 Å². The Bertz CT molecular complexity index is 693. The molecule has 2 amide bonds. The summed E-state index contributed by atoms with van der Waals surface area (Å²) in [6.07, 6.45) is 1.50. The Labute approximate surface area is 124 Å². The summed E-state index contributed by atoms with van der Waals surface area (Å²) >= 11 is 0. The van der Waals surface area contributed by atoms with Crippen LogP contribution in [-0.2, 0) is 0 Å². The van der Waals surface area contributed by atoms with E-state index in [0.717, 1.165) is 23.6 Å². The van der Waals surface area contributed by atoms with Crippen molar-refractivity contribution in [2.24, 2.45) is 0 Å². The van der Waals surface area contributed by atoms with Gasteiger partial charge in [0, 0.05) is 22.1 Å². The van der Waals surface area contributed by atoms with Crippen molar-refractivity contribution in [1.29, 1.82) is 0 Å². The maximum absolute atomic E-state index is 12.9. The molecular weight excluding hydrogens is 262 g/mol. The first-order valence-corrected chi connectivity index (χ1v) is 7.44. The van der Waals surface area contributed by atoms with Crippen LogP contribution in [0.1, 0.15) is 54.3 Å². The topological polar surface area (TPSA) is 37.4 Å². The molecule has 0 aromatic heterocycles. The maximum atomic E-state index is 12.9. The van der Waals surface area contributed by atoms with E-state index in [0.29, 0.717) is 11.1 Å². The van der Waals surface area contributed by atoms with Crippen LogP contribution in [0.4, 0.5) is 0 Å². The Morgan fingerprint density at radius 2 is 1.38 bits per heavy atom. The highest BCUT2D eigenvalue weighted by Gasteiger charge is 2.42. The SMILES string of the molecule is CCC(C)(CC)N1C(=O)c2cccc3cccc(c23)C1=O. The van der Waals surface area contributed by atoms with Crippen LogP contribution in [0.3, 0.4) is 0 Å². The lowest BCUT2D eigenvalue weighted by atomic mass is 9.87. The zero-order valence-electron chi connectivity index (χ0n) is 12.6. The summed E-state index contributed by atoms with van der Waals surface area (Å²) in [4.78, 5) is 27.2. The van der Waals surface area contributed by atoms with Gasteiger partial charge in [-0.1, -0.05) is 38.1 Å². The fourth-order valence-corrected chi connectivity index (χ4v) is 3.09. The molecule has 3 rings (SSSR count). The Kier molecular flexibility index (Phi) is 3.08. The molecule has 2 aromatic carbocycles. The highest BCUT2D eigenvalue weighted by Crippen LogP contribution is 2.35. The van der Waals surface area contributed by atoms with Crippen molar-refractivity contribution < 1.29 is 9.59 Å². The average Bonchev–Trinajstić information content (AvgIpc) is 2.52.